The Balaban J connectivity index is 2.18. The molecule has 0 aromatic rings. The van der Waals surface area contributed by atoms with Crippen molar-refractivity contribution in [2.24, 2.45) is 11.8 Å². The Bertz CT molecular complexity index is 157. The lowest BCUT2D eigenvalue weighted by atomic mass is 9.91. The summed E-state index contributed by atoms with van der Waals surface area (Å²) in [6, 6.07) is 0. The van der Waals surface area contributed by atoms with Crippen LogP contribution in [0.5, 0.6) is 0 Å². The van der Waals surface area contributed by atoms with Crippen molar-refractivity contribution in [3.05, 3.63) is 0 Å². The van der Waals surface area contributed by atoms with Gasteiger partial charge in [-0.15, -0.1) is 0 Å². The van der Waals surface area contributed by atoms with Crippen LogP contribution in [0.15, 0.2) is 0 Å². The zero-order chi connectivity index (χ0) is 9.68. The maximum atomic E-state index is 11.5. The van der Waals surface area contributed by atoms with Gasteiger partial charge in [0.25, 0.3) is 0 Å². The highest BCUT2D eigenvalue weighted by atomic mass is 16.5. The van der Waals surface area contributed by atoms with Gasteiger partial charge < -0.3 is 4.74 Å². The first-order chi connectivity index (χ1) is 6.18. The van der Waals surface area contributed by atoms with Gasteiger partial charge in [0.1, 0.15) is 5.78 Å². The van der Waals surface area contributed by atoms with E-state index in [1.54, 1.807) is 0 Å². The smallest absolute Gasteiger partial charge is 0.133 e. The van der Waals surface area contributed by atoms with Gasteiger partial charge in [-0.25, -0.2) is 0 Å². The summed E-state index contributed by atoms with van der Waals surface area (Å²) in [7, 11) is 0. The van der Waals surface area contributed by atoms with E-state index in [4.69, 9.17) is 4.74 Å². The number of hydrogen-bond donors (Lipinski definition) is 0. The molecule has 1 rings (SSSR count). The van der Waals surface area contributed by atoms with Crippen molar-refractivity contribution in [1.82, 2.24) is 0 Å². The van der Waals surface area contributed by atoms with E-state index in [2.05, 4.69) is 13.8 Å². The highest BCUT2D eigenvalue weighted by molar-refractivity contribution is 5.78. The first-order valence-corrected chi connectivity index (χ1v) is 5.28. The molecule has 0 saturated carbocycles. The molecular weight excluding hydrogens is 164 g/mol. The molecule has 0 aromatic heterocycles. The Hall–Kier alpha value is -0.370. The predicted molar refractivity (Wildman–Crippen MR) is 52.6 cm³/mol. The Labute approximate surface area is 80.7 Å². The summed E-state index contributed by atoms with van der Waals surface area (Å²) in [4.78, 5) is 11.5. The summed E-state index contributed by atoms with van der Waals surface area (Å²) >= 11 is 0. The summed E-state index contributed by atoms with van der Waals surface area (Å²) in [5.41, 5.74) is 0. The molecule has 2 nitrogen and oxygen atoms in total. The van der Waals surface area contributed by atoms with Crippen molar-refractivity contribution >= 4 is 5.78 Å². The van der Waals surface area contributed by atoms with Crippen molar-refractivity contribution in [2.75, 3.05) is 13.2 Å². The fourth-order valence-corrected chi connectivity index (χ4v) is 1.81. The van der Waals surface area contributed by atoms with Gasteiger partial charge in [-0.3, -0.25) is 4.79 Å². The Morgan fingerprint density at radius 2 is 2.00 bits per heavy atom. The minimum atomic E-state index is 0.432. The molecule has 1 heterocycles. The van der Waals surface area contributed by atoms with Crippen LogP contribution in [0.25, 0.3) is 0 Å². The molecular formula is C11H20O2. The van der Waals surface area contributed by atoms with Crippen LogP contribution in [-0.2, 0) is 9.53 Å². The van der Waals surface area contributed by atoms with E-state index in [0.717, 1.165) is 38.9 Å². The molecule has 0 spiro atoms. The van der Waals surface area contributed by atoms with E-state index in [0.29, 0.717) is 17.6 Å². The number of ketones is 1. The van der Waals surface area contributed by atoms with Crippen molar-refractivity contribution in [1.29, 1.82) is 0 Å². The summed E-state index contributed by atoms with van der Waals surface area (Å²) in [6.45, 7) is 5.89. The minimum absolute atomic E-state index is 0.432. The van der Waals surface area contributed by atoms with Crippen LogP contribution in [0.3, 0.4) is 0 Å². The van der Waals surface area contributed by atoms with E-state index in [1.807, 2.05) is 0 Å². The second-order valence-electron chi connectivity index (χ2n) is 4.40. The number of rotatable bonds is 4. The maximum absolute atomic E-state index is 11.5. The summed E-state index contributed by atoms with van der Waals surface area (Å²) in [6.07, 6.45) is 3.67. The molecule has 0 radical (unpaired) electrons. The van der Waals surface area contributed by atoms with E-state index >= 15 is 0 Å². The van der Waals surface area contributed by atoms with Crippen LogP contribution in [0, 0.1) is 11.8 Å². The molecule has 0 amide bonds. The second-order valence-corrected chi connectivity index (χ2v) is 4.40. The van der Waals surface area contributed by atoms with Crippen molar-refractivity contribution in [3.63, 3.8) is 0 Å². The lowest BCUT2D eigenvalue weighted by molar-refractivity contribution is -0.121. The first-order valence-electron chi connectivity index (χ1n) is 5.28. The van der Waals surface area contributed by atoms with E-state index in [-0.39, 0.29) is 0 Å². The van der Waals surface area contributed by atoms with Crippen LogP contribution in [-0.4, -0.2) is 19.0 Å². The number of hydrogen-bond acceptors (Lipinski definition) is 2. The second kappa shape index (κ2) is 5.38. The molecule has 1 aliphatic rings. The summed E-state index contributed by atoms with van der Waals surface area (Å²) in [5, 5.41) is 0. The van der Waals surface area contributed by atoms with Crippen molar-refractivity contribution in [3.8, 4) is 0 Å². The van der Waals surface area contributed by atoms with Gasteiger partial charge in [0.05, 0.1) is 0 Å². The lowest BCUT2D eigenvalue weighted by Crippen LogP contribution is -2.19. The third-order valence-electron chi connectivity index (χ3n) is 2.49. The maximum Gasteiger partial charge on any atom is 0.133 e. The molecule has 13 heavy (non-hydrogen) atoms. The molecule has 0 N–H and O–H groups in total. The summed E-state index contributed by atoms with van der Waals surface area (Å²) in [5.74, 6) is 1.54. The van der Waals surface area contributed by atoms with Gasteiger partial charge in [-0.1, -0.05) is 13.8 Å². The zero-order valence-electron chi connectivity index (χ0n) is 8.71. The fourth-order valence-electron chi connectivity index (χ4n) is 1.81. The summed E-state index contributed by atoms with van der Waals surface area (Å²) < 4.78 is 5.25. The molecule has 1 saturated heterocycles. The average molecular weight is 184 g/mol. The molecule has 0 bridgehead atoms. The van der Waals surface area contributed by atoms with Gasteiger partial charge in [0, 0.05) is 26.1 Å². The minimum Gasteiger partial charge on any atom is -0.381 e. The molecule has 76 valence electrons. The van der Waals surface area contributed by atoms with Gasteiger partial charge in [0.2, 0.25) is 0 Å². The third kappa shape index (κ3) is 4.41. The molecule has 1 aliphatic heterocycles. The van der Waals surface area contributed by atoms with Gasteiger partial charge >= 0.3 is 0 Å². The highest BCUT2D eigenvalue weighted by Crippen LogP contribution is 2.20. The van der Waals surface area contributed by atoms with Crippen LogP contribution >= 0.6 is 0 Å². The van der Waals surface area contributed by atoms with E-state index < -0.39 is 0 Å². The standard InChI is InChI=1S/C11H20O2/c1-9(2)7-11(12)8-10-3-5-13-6-4-10/h9-10H,3-8H2,1-2H3. The number of Topliss-reactive ketones (excluding diaryl/α,β-unsaturated/α-hetero) is 1. The quantitative estimate of drug-likeness (QED) is 0.670. The topological polar surface area (TPSA) is 26.3 Å². The predicted octanol–water partition coefficient (Wildman–Crippen LogP) is 2.42. The zero-order valence-corrected chi connectivity index (χ0v) is 8.71. The molecule has 2 heteroatoms. The molecule has 0 aromatic carbocycles. The van der Waals surface area contributed by atoms with Crippen LogP contribution < -0.4 is 0 Å². The van der Waals surface area contributed by atoms with Crippen LogP contribution in [0.2, 0.25) is 0 Å². The van der Waals surface area contributed by atoms with Crippen molar-refractivity contribution < 1.29 is 9.53 Å². The van der Waals surface area contributed by atoms with Gasteiger partial charge in [-0.2, -0.15) is 0 Å². The third-order valence-corrected chi connectivity index (χ3v) is 2.49. The van der Waals surface area contributed by atoms with Crippen LogP contribution in [0.4, 0.5) is 0 Å². The van der Waals surface area contributed by atoms with Crippen LogP contribution in [0.1, 0.15) is 39.5 Å². The van der Waals surface area contributed by atoms with Crippen molar-refractivity contribution in [2.45, 2.75) is 39.5 Å². The first kappa shape index (κ1) is 10.7. The SMILES string of the molecule is CC(C)CC(=O)CC1CCOCC1. The highest BCUT2D eigenvalue weighted by Gasteiger charge is 2.17. The van der Waals surface area contributed by atoms with Gasteiger partial charge in [0.15, 0.2) is 0 Å². The van der Waals surface area contributed by atoms with E-state index in [1.165, 1.54) is 0 Å². The van der Waals surface area contributed by atoms with Gasteiger partial charge in [-0.05, 0) is 24.7 Å². The molecule has 1 fully saturated rings. The molecule has 0 aliphatic carbocycles. The monoisotopic (exact) mass is 184 g/mol. The largest absolute Gasteiger partial charge is 0.381 e. The normalized spacial score (nSPS) is 19.3. The fraction of sp³-hybridized carbons (Fsp3) is 0.909. The molecule has 0 unspecified atom stereocenters. The number of ether oxygens (including phenoxy) is 1. The average Bonchev–Trinajstić information content (AvgIpc) is 2.04. The Morgan fingerprint density at radius 3 is 2.54 bits per heavy atom. The lowest BCUT2D eigenvalue weighted by Gasteiger charge is -2.21. The molecule has 0 atom stereocenters. The Kier molecular flexibility index (Phi) is 4.43. The number of carbonyl (C=O) groups excluding carboxylic acids is 1. The number of carbonyl (C=O) groups is 1. The van der Waals surface area contributed by atoms with E-state index in [9.17, 15) is 4.79 Å². The Morgan fingerprint density at radius 1 is 1.38 bits per heavy atom.